The van der Waals surface area contributed by atoms with E-state index in [9.17, 15) is 9.90 Å². The van der Waals surface area contributed by atoms with E-state index in [1.807, 2.05) is 12.1 Å². The molecule has 2 N–H and O–H groups in total. The number of carboxylic acid groups (broad SMARTS) is 1. The number of piperazine rings is 1. The van der Waals surface area contributed by atoms with Crippen LogP contribution in [0.5, 0.6) is 0 Å². The maximum atomic E-state index is 11.3. The van der Waals surface area contributed by atoms with Crippen molar-refractivity contribution in [1.82, 2.24) is 14.9 Å². The van der Waals surface area contributed by atoms with E-state index < -0.39 is 5.97 Å². The molecule has 4 rings (SSSR count). The highest BCUT2D eigenvalue weighted by atomic mass is 16.5. The Kier molecular flexibility index (Phi) is 6.38. The van der Waals surface area contributed by atoms with Crippen molar-refractivity contribution in [1.29, 1.82) is 0 Å². The van der Waals surface area contributed by atoms with Gasteiger partial charge in [-0.1, -0.05) is 6.07 Å². The van der Waals surface area contributed by atoms with Gasteiger partial charge in [-0.3, -0.25) is 4.99 Å². The standard InChI is InChI=1S/C21H26N6O3/c28-19(29)16-4-1-5-17(14-16)25-21(24-15-18-6-2-13-30-18)27-11-9-26(10-12-27)20-22-7-3-8-23-20/h1,3-5,7-8,14,18H,2,6,9-13,15H2,(H,24,25)(H,28,29). The molecular formula is C21H26N6O3. The monoisotopic (exact) mass is 410 g/mol. The Morgan fingerprint density at radius 2 is 2.00 bits per heavy atom. The summed E-state index contributed by atoms with van der Waals surface area (Å²) in [6.45, 7) is 4.45. The minimum atomic E-state index is -0.951. The second-order valence-corrected chi connectivity index (χ2v) is 7.33. The molecule has 3 heterocycles. The molecule has 2 aromatic rings. The zero-order valence-electron chi connectivity index (χ0n) is 16.8. The van der Waals surface area contributed by atoms with E-state index in [1.165, 1.54) is 0 Å². The van der Waals surface area contributed by atoms with E-state index in [2.05, 4.69) is 25.1 Å². The fraction of sp³-hybridized carbons (Fsp3) is 0.429. The van der Waals surface area contributed by atoms with Gasteiger partial charge in [0, 0.05) is 50.9 Å². The normalized spacial score (nSPS) is 19.7. The second kappa shape index (κ2) is 9.53. The van der Waals surface area contributed by atoms with Crippen molar-refractivity contribution >= 4 is 23.6 Å². The molecule has 9 heteroatoms. The zero-order valence-corrected chi connectivity index (χ0v) is 16.8. The molecule has 158 valence electrons. The summed E-state index contributed by atoms with van der Waals surface area (Å²) in [6, 6.07) is 8.59. The van der Waals surface area contributed by atoms with Gasteiger partial charge in [0.25, 0.3) is 0 Å². The largest absolute Gasteiger partial charge is 0.478 e. The molecular weight excluding hydrogens is 384 g/mol. The number of nitrogens with one attached hydrogen (secondary N) is 1. The van der Waals surface area contributed by atoms with Crippen molar-refractivity contribution in [3.8, 4) is 0 Å². The number of guanidine groups is 1. The van der Waals surface area contributed by atoms with Crippen LogP contribution < -0.4 is 10.2 Å². The quantitative estimate of drug-likeness (QED) is 0.569. The van der Waals surface area contributed by atoms with Crippen molar-refractivity contribution in [2.75, 3.05) is 49.5 Å². The fourth-order valence-electron chi connectivity index (χ4n) is 3.63. The molecule has 9 nitrogen and oxygen atoms in total. The summed E-state index contributed by atoms with van der Waals surface area (Å²) >= 11 is 0. The number of hydrogen-bond donors (Lipinski definition) is 2. The SMILES string of the molecule is O=C(O)c1cccc(NC(=NCC2CCCO2)N2CCN(c3ncccn3)CC2)c1. The van der Waals surface area contributed by atoms with Gasteiger partial charge in [0.2, 0.25) is 5.95 Å². The average Bonchev–Trinajstić information content (AvgIpc) is 3.31. The van der Waals surface area contributed by atoms with Crippen LogP contribution in [0.4, 0.5) is 11.6 Å². The van der Waals surface area contributed by atoms with Crippen LogP contribution in [-0.4, -0.2) is 77.3 Å². The number of nitrogens with zero attached hydrogens (tertiary/aromatic N) is 5. The van der Waals surface area contributed by atoms with Crippen molar-refractivity contribution in [2.45, 2.75) is 18.9 Å². The molecule has 1 aromatic carbocycles. The lowest BCUT2D eigenvalue weighted by molar-refractivity contribution is 0.0697. The van der Waals surface area contributed by atoms with Gasteiger partial charge in [0.15, 0.2) is 5.96 Å². The summed E-state index contributed by atoms with van der Waals surface area (Å²) in [5.41, 5.74) is 0.944. The molecule has 0 aliphatic carbocycles. The number of aliphatic imine (C=N–C) groups is 1. The number of ether oxygens (including phenoxy) is 1. The van der Waals surface area contributed by atoms with Crippen LogP contribution in [0.15, 0.2) is 47.7 Å². The van der Waals surface area contributed by atoms with E-state index in [0.29, 0.717) is 12.2 Å². The molecule has 1 atom stereocenters. The molecule has 0 bridgehead atoms. The first-order valence-corrected chi connectivity index (χ1v) is 10.2. The first kappa shape index (κ1) is 20.1. The van der Waals surface area contributed by atoms with Crippen molar-refractivity contribution in [3.05, 3.63) is 48.3 Å². The third kappa shape index (κ3) is 5.04. The Bertz CT molecular complexity index is 877. The molecule has 0 saturated carbocycles. The van der Waals surface area contributed by atoms with E-state index in [-0.39, 0.29) is 11.7 Å². The van der Waals surface area contributed by atoms with Crippen LogP contribution >= 0.6 is 0 Å². The summed E-state index contributed by atoms with van der Waals surface area (Å²) in [7, 11) is 0. The average molecular weight is 410 g/mol. The molecule has 2 fully saturated rings. The van der Waals surface area contributed by atoms with Crippen LogP contribution in [0.25, 0.3) is 0 Å². The van der Waals surface area contributed by atoms with Crippen molar-refractivity contribution < 1.29 is 14.6 Å². The van der Waals surface area contributed by atoms with Crippen LogP contribution in [0.2, 0.25) is 0 Å². The Balaban J connectivity index is 1.47. The molecule has 0 spiro atoms. The van der Waals surface area contributed by atoms with Gasteiger partial charge in [0.05, 0.1) is 18.2 Å². The zero-order chi connectivity index (χ0) is 20.8. The molecule has 30 heavy (non-hydrogen) atoms. The first-order valence-electron chi connectivity index (χ1n) is 10.2. The lowest BCUT2D eigenvalue weighted by atomic mass is 10.2. The second-order valence-electron chi connectivity index (χ2n) is 7.33. The van der Waals surface area contributed by atoms with Gasteiger partial charge >= 0.3 is 5.97 Å². The summed E-state index contributed by atoms with van der Waals surface area (Å²) < 4.78 is 5.71. The Morgan fingerprint density at radius 1 is 1.20 bits per heavy atom. The smallest absolute Gasteiger partial charge is 0.335 e. The lowest BCUT2D eigenvalue weighted by Crippen LogP contribution is -2.51. The van der Waals surface area contributed by atoms with Crippen LogP contribution in [0, 0.1) is 0 Å². The predicted octanol–water partition coefficient (Wildman–Crippen LogP) is 1.94. The number of rotatable bonds is 5. The summed E-state index contributed by atoms with van der Waals surface area (Å²) in [5, 5.41) is 12.6. The molecule has 2 aliphatic rings. The molecule has 1 aromatic heterocycles. The Hall–Kier alpha value is -3.20. The number of anilines is 2. The molecule has 2 saturated heterocycles. The number of carbonyl (C=O) groups is 1. The van der Waals surface area contributed by atoms with E-state index in [1.54, 1.807) is 30.6 Å². The van der Waals surface area contributed by atoms with Crippen LogP contribution in [0.3, 0.4) is 0 Å². The van der Waals surface area contributed by atoms with E-state index >= 15 is 0 Å². The first-order chi connectivity index (χ1) is 14.7. The summed E-state index contributed by atoms with van der Waals surface area (Å²) in [6.07, 6.45) is 5.73. The van der Waals surface area contributed by atoms with E-state index in [0.717, 1.165) is 57.5 Å². The van der Waals surface area contributed by atoms with Gasteiger partial charge in [-0.25, -0.2) is 14.8 Å². The van der Waals surface area contributed by atoms with Crippen molar-refractivity contribution in [2.24, 2.45) is 4.99 Å². The predicted molar refractivity (Wildman–Crippen MR) is 114 cm³/mol. The number of benzene rings is 1. The van der Waals surface area contributed by atoms with Crippen molar-refractivity contribution in [3.63, 3.8) is 0 Å². The maximum Gasteiger partial charge on any atom is 0.335 e. The highest BCUT2D eigenvalue weighted by Crippen LogP contribution is 2.16. The maximum absolute atomic E-state index is 11.3. The van der Waals surface area contributed by atoms with Gasteiger partial charge in [-0.05, 0) is 37.1 Å². The van der Waals surface area contributed by atoms with E-state index in [4.69, 9.17) is 9.73 Å². The highest BCUT2D eigenvalue weighted by Gasteiger charge is 2.23. The highest BCUT2D eigenvalue weighted by molar-refractivity contribution is 5.96. The topological polar surface area (TPSA) is 103 Å². The molecule has 0 amide bonds. The molecule has 2 aliphatic heterocycles. The number of carboxylic acids is 1. The third-order valence-electron chi connectivity index (χ3n) is 5.25. The number of aromatic nitrogens is 2. The third-order valence-corrected chi connectivity index (χ3v) is 5.25. The summed E-state index contributed by atoms with van der Waals surface area (Å²) in [5.74, 6) is 0.520. The molecule has 1 unspecified atom stereocenters. The minimum absolute atomic E-state index is 0.145. The van der Waals surface area contributed by atoms with Gasteiger partial charge in [-0.15, -0.1) is 0 Å². The van der Waals surface area contributed by atoms with Gasteiger partial charge < -0.3 is 25.0 Å². The Labute approximate surface area is 175 Å². The summed E-state index contributed by atoms with van der Waals surface area (Å²) in [4.78, 5) is 29.1. The van der Waals surface area contributed by atoms with Gasteiger partial charge in [-0.2, -0.15) is 0 Å². The van der Waals surface area contributed by atoms with Gasteiger partial charge in [0.1, 0.15) is 0 Å². The lowest BCUT2D eigenvalue weighted by Gasteiger charge is -2.36. The minimum Gasteiger partial charge on any atom is -0.478 e. The fourth-order valence-corrected chi connectivity index (χ4v) is 3.63. The number of hydrogen-bond acceptors (Lipinski definition) is 6. The van der Waals surface area contributed by atoms with Crippen LogP contribution in [0.1, 0.15) is 23.2 Å². The Morgan fingerprint density at radius 3 is 2.70 bits per heavy atom. The number of aromatic carboxylic acids is 1. The molecule has 0 radical (unpaired) electrons. The van der Waals surface area contributed by atoms with Crippen LogP contribution in [-0.2, 0) is 4.74 Å².